The van der Waals surface area contributed by atoms with Gasteiger partial charge in [-0.25, -0.2) is 0 Å². The van der Waals surface area contributed by atoms with Crippen molar-refractivity contribution in [3.63, 3.8) is 0 Å². The number of pyridine rings is 1. The second-order valence-electron chi connectivity index (χ2n) is 4.06. The van der Waals surface area contributed by atoms with Crippen LogP contribution in [0.25, 0.3) is 0 Å². The molecule has 0 amide bonds. The van der Waals surface area contributed by atoms with Gasteiger partial charge in [0.1, 0.15) is 18.1 Å². The second kappa shape index (κ2) is 5.51. The molecule has 0 saturated carbocycles. The van der Waals surface area contributed by atoms with E-state index in [1.54, 1.807) is 6.07 Å². The molecule has 18 heavy (non-hydrogen) atoms. The van der Waals surface area contributed by atoms with Crippen molar-refractivity contribution in [2.45, 2.75) is 20.1 Å². The minimum atomic E-state index is 0.122. The van der Waals surface area contributed by atoms with E-state index < -0.39 is 0 Å². The van der Waals surface area contributed by atoms with Crippen LogP contribution in [0, 0.1) is 6.92 Å². The highest BCUT2D eigenvalue weighted by molar-refractivity contribution is 5.33. The summed E-state index contributed by atoms with van der Waals surface area (Å²) in [6, 6.07) is 9.56. The third-order valence-electron chi connectivity index (χ3n) is 2.71. The van der Waals surface area contributed by atoms with Crippen molar-refractivity contribution in [2.75, 3.05) is 0 Å². The Balaban J connectivity index is 2.09. The van der Waals surface area contributed by atoms with Crippen LogP contribution >= 0.6 is 0 Å². The van der Waals surface area contributed by atoms with Crippen molar-refractivity contribution in [2.24, 2.45) is 5.73 Å². The average Bonchev–Trinajstić information content (AvgIpc) is 2.39. The maximum atomic E-state index is 9.48. The summed E-state index contributed by atoms with van der Waals surface area (Å²) < 4.78 is 5.68. The Morgan fingerprint density at radius 1 is 1.33 bits per heavy atom. The standard InChI is InChI=1S/C14H16N2O2/c1-10-4-2-3-5-14(10)18-9-12-6-11(7-15)13(17)8-16-12/h2-6,8,17H,7,9,15H2,1H3. The van der Waals surface area contributed by atoms with Crippen molar-refractivity contribution >= 4 is 0 Å². The van der Waals surface area contributed by atoms with Crippen LogP contribution in [0.2, 0.25) is 0 Å². The van der Waals surface area contributed by atoms with Crippen molar-refractivity contribution < 1.29 is 9.84 Å². The van der Waals surface area contributed by atoms with E-state index in [-0.39, 0.29) is 12.3 Å². The Labute approximate surface area is 106 Å². The highest BCUT2D eigenvalue weighted by Gasteiger charge is 2.04. The van der Waals surface area contributed by atoms with Crippen LogP contribution in [0.4, 0.5) is 0 Å². The highest BCUT2D eigenvalue weighted by atomic mass is 16.5. The maximum Gasteiger partial charge on any atom is 0.138 e. The lowest BCUT2D eigenvalue weighted by atomic mass is 10.2. The number of hydrogen-bond acceptors (Lipinski definition) is 4. The second-order valence-corrected chi connectivity index (χ2v) is 4.06. The number of aromatic nitrogens is 1. The molecule has 0 fully saturated rings. The Hall–Kier alpha value is -2.07. The number of benzene rings is 1. The summed E-state index contributed by atoms with van der Waals surface area (Å²) in [6.07, 6.45) is 1.40. The van der Waals surface area contributed by atoms with E-state index in [1.165, 1.54) is 6.20 Å². The predicted molar refractivity (Wildman–Crippen MR) is 69.3 cm³/mol. The lowest BCUT2D eigenvalue weighted by Crippen LogP contribution is -2.03. The molecule has 0 aliphatic carbocycles. The van der Waals surface area contributed by atoms with E-state index in [1.807, 2.05) is 31.2 Å². The first kappa shape index (κ1) is 12.4. The van der Waals surface area contributed by atoms with Crippen LogP contribution in [0.5, 0.6) is 11.5 Å². The fraction of sp³-hybridized carbons (Fsp3) is 0.214. The average molecular weight is 244 g/mol. The van der Waals surface area contributed by atoms with Gasteiger partial charge in [-0.15, -0.1) is 0 Å². The predicted octanol–water partition coefficient (Wildman–Crippen LogP) is 2.13. The molecule has 0 atom stereocenters. The number of nitrogens with two attached hydrogens (primary N) is 1. The van der Waals surface area contributed by atoms with Gasteiger partial charge in [-0.05, 0) is 24.6 Å². The van der Waals surface area contributed by atoms with E-state index >= 15 is 0 Å². The van der Waals surface area contributed by atoms with Crippen molar-refractivity contribution in [1.82, 2.24) is 4.98 Å². The SMILES string of the molecule is Cc1ccccc1OCc1cc(CN)c(O)cn1. The van der Waals surface area contributed by atoms with Crippen LogP contribution in [0.3, 0.4) is 0 Å². The highest BCUT2D eigenvalue weighted by Crippen LogP contribution is 2.19. The summed E-state index contributed by atoms with van der Waals surface area (Å²) in [7, 11) is 0. The van der Waals surface area contributed by atoms with Crippen molar-refractivity contribution in [1.29, 1.82) is 0 Å². The largest absolute Gasteiger partial charge is 0.506 e. The Kier molecular flexibility index (Phi) is 3.79. The van der Waals surface area contributed by atoms with Gasteiger partial charge in [0.15, 0.2) is 0 Å². The van der Waals surface area contributed by atoms with E-state index in [9.17, 15) is 5.11 Å². The molecule has 3 N–H and O–H groups in total. The van der Waals surface area contributed by atoms with Crippen LogP contribution in [0.15, 0.2) is 36.5 Å². The van der Waals surface area contributed by atoms with Gasteiger partial charge in [0, 0.05) is 12.1 Å². The van der Waals surface area contributed by atoms with Gasteiger partial charge in [0.05, 0.1) is 11.9 Å². The zero-order chi connectivity index (χ0) is 13.0. The van der Waals surface area contributed by atoms with E-state index in [0.717, 1.165) is 17.0 Å². The first-order valence-electron chi connectivity index (χ1n) is 5.76. The zero-order valence-corrected chi connectivity index (χ0v) is 10.3. The summed E-state index contributed by atoms with van der Waals surface area (Å²) in [5, 5.41) is 9.48. The third kappa shape index (κ3) is 2.78. The number of aryl methyl sites for hydroxylation is 1. The molecule has 2 aromatic rings. The molecule has 4 heteroatoms. The summed E-state index contributed by atoms with van der Waals surface area (Å²) >= 11 is 0. The van der Waals surface area contributed by atoms with Crippen LogP contribution < -0.4 is 10.5 Å². The minimum absolute atomic E-state index is 0.122. The molecule has 0 aliphatic rings. The number of hydrogen-bond donors (Lipinski definition) is 2. The van der Waals surface area contributed by atoms with E-state index in [0.29, 0.717) is 12.2 Å². The summed E-state index contributed by atoms with van der Waals surface area (Å²) in [4.78, 5) is 4.10. The summed E-state index contributed by atoms with van der Waals surface area (Å²) in [5.74, 6) is 0.957. The molecule has 0 unspecified atom stereocenters. The molecule has 1 heterocycles. The van der Waals surface area contributed by atoms with E-state index in [2.05, 4.69) is 4.98 Å². The number of aromatic hydroxyl groups is 1. The number of ether oxygens (including phenoxy) is 1. The Bertz CT molecular complexity index is 541. The summed E-state index contributed by atoms with van der Waals surface area (Å²) in [6.45, 7) is 2.63. The maximum absolute atomic E-state index is 9.48. The fourth-order valence-corrected chi connectivity index (χ4v) is 1.65. The molecule has 94 valence electrons. The number of para-hydroxylation sites is 1. The molecule has 0 spiro atoms. The Morgan fingerprint density at radius 2 is 2.11 bits per heavy atom. The van der Waals surface area contributed by atoms with Gasteiger partial charge in [0.25, 0.3) is 0 Å². The van der Waals surface area contributed by atoms with Crippen LogP contribution in [-0.2, 0) is 13.2 Å². The molecule has 2 rings (SSSR count). The monoisotopic (exact) mass is 244 g/mol. The van der Waals surface area contributed by atoms with Crippen molar-refractivity contribution in [3.8, 4) is 11.5 Å². The number of nitrogens with zero attached hydrogens (tertiary/aromatic N) is 1. The first-order chi connectivity index (χ1) is 8.70. The van der Waals surface area contributed by atoms with Gasteiger partial charge >= 0.3 is 0 Å². The summed E-state index contributed by atoms with van der Waals surface area (Å²) in [5.41, 5.74) is 8.02. The molecule has 0 bridgehead atoms. The lowest BCUT2D eigenvalue weighted by molar-refractivity contribution is 0.298. The van der Waals surface area contributed by atoms with Crippen molar-refractivity contribution in [3.05, 3.63) is 53.3 Å². The smallest absolute Gasteiger partial charge is 0.138 e. The molecule has 1 aromatic heterocycles. The molecule has 0 radical (unpaired) electrons. The third-order valence-corrected chi connectivity index (χ3v) is 2.71. The molecular weight excluding hydrogens is 228 g/mol. The fourth-order valence-electron chi connectivity index (χ4n) is 1.65. The lowest BCUT2D eigenvalue weighted by Gasteiger charge is -2.09. The molecular formula is C14H16N2O2. The molecule has 4 nitrogen and oxygen atoms in total. The van der Waals surface area contributed by atoms with E-state index in [4.69, 9.17) is 10.5 Å². The minimum Gasteiger partial charge on any atom is -0.506 e. The normalized spacial score (nSPS) is 10.3. The quantitative estimate of drug-likeness (QED) is 0.864. The Morgan fingerprint density at radius 3 is 2.83 bits per heavy atom. The van der Waals surface area contributed by atoms with Gasteiger partial charge in [0.2, 0.25) is 0 Å². The zero-order valence-electron chi connectivity index (χ0n) is 10.3. The first-order valence-corrected chi connectivity index (χ1v) is 5.76. The molecule has 0 saturated heterocycles. The number of rotatable bonds is 4. The van der Waals surface area contributed by atoms with Crippen LogP contribution in [-0.4, -0.2) is 10.1 Å². The van der Waals surface area contributed by atoms with Gasteiger partial charge in [-0.2, -0.15) is 0 Å². The molecule has 0 aliphatic heterocycles. The molecule has 1 aromatic carbocycles. The van der Waals surface area contributed by atoms with Gasteiger partial charge in [-0.3, -0.25) is 4.98 Å². The van der Waals surface area contributed by atoms with Crippen LogP contribution in [0.1, 0.15) is 16.8 Å². The van der Waals surface area contributed by atoms with Gasteiger partial charge < -0.3 is 15.6 Å². The van der Waals surface area contributed by atoms with Gasteiger partial charge in [-0.1, -0.05) is 18.2 Å². The topological polar surface area (TPSA) is 68.4 Å².